The Bertz CT molecular complexity index is 945. The molecule has 2 aromatic carbocycles. The molecule has 4 rings (SSSR count). The minimum atomic E-state index is -3.54. The third-order valence-electron chi connectivity index (χ3n) is 5.10. The molecule has 0 aromatic heterocycles. The highest BCUT2D eigenvalue weighted by atomic mass is 32.2. The molecule has 2 unspecified atom stereocenters. The van der Waals surface area contributed by atoms with Gasteiger partial charge in [-0.2, -0.15) is 4.31 Å². The van der Waals surface area contributed by atoms with Crippen LogP contribution < -0.4 is 10.1 Å². The summed E-state index contributed by atoms with van der Waals surface area (Å²) in [5.41, 5.74) is 0. The first-order valence-electron chi connectivity index (χ1n) is 8.75. The lowest BCUT2D eigenvalue weighted by molar-refractivity contribution is -0.116. The zero-order valence-corrected chi connectivity index (χ0v) is 15.4. The van der Waals surface area contributed by atoms with E-state index < -0.39 is 10.0 Å². The second kappa shape index (κ2) is 6.83. The molecule has 1 saturated carbocycles. The van der Waals surface area contributed by atoms with Crippen LogP contribution in [0.3, 0.4) is 0 Å². The second-order valence-electron chi connectivity index (χ2n) is 6.77. The molecule has 2 aromatic rings. The maximum atomic E-state index is 12.8. The topological polar surface area (TPSA) is 75.7 Å². The van der Waals surface area contributed by atoms with Crippen LogP contribution in [0.15, 0.2) is 72.1 Å². The first-order valence-corrected chi connectivity index (χ1v) is 10.2. The zero-order chi connectivity index (χ0) is 19.0. The predicted octanol–water partition coefficient (Wildman–Crippen LogP) is 2.40. The molecule has 7 heteroatoms. The highest BCUT2D eigenvalue weighted by Gasteiger charge is 2.58. The molecular weight excluding hydrogens is 364 g/mol. The molecule has 1 amide bonds. The van der Waals surface area contributed by atoms with Gasteiger partial charge in [0.1, 0.15) is 11.5 Å². The Morgan fingerprint density at radius 1 is 1.04 bits per heavy atom. The van der Waals surface area contributed by atoms with Crippen molar-refractivity contribution in [3.05, 3.63) is 67.3 Å². The van der Waals surface area contributed by atoms with Gasteiger partial charge in [-0.3, -0.25) is 4.79 Å². The Labute approximate surface area is 158 Å². The average Bonchev–Trinajstić information content (AvgIpc) is 3.11. The number of benzene rings is 2. The Hall–Kier alpha value is -2.64. The van der Waals surface area contributed by atoms with Gasteiger partial charge in [0.15, 0.2) is 0 Å². The zero-order valence-electron chi connectivity index (χ0n) is 14.6. The van der Waals surface area contributed by atoms with Gasteiger partial charge in [-0.05, 0) is 54.3 Å². The first kappa shape index (κ1) is 17.8. The number of hydrogen-bond acceptors (Lipinski definition) is 4. The van der Waals surface area contributed by atoms with E-state index in [1.807, 2.05) is 30.3 Å². The number of nitrogens with one attached hydrogen (secondary N) is 1. The van der Waals surface area contributed by atoms with Crippen molar-refractivity contribution in [3.63, 3.8) is 0 Å². The summed E-state index contributed by atoms with van der Waals surface area (Å²) < 4.78 is 32.9. The summed E-state index contributed by atoms with van der Waals surface area (Å²) in [7, 11) is -3.54. The number of piperidine rings is 1. The van der Waals surface area contributed by atoms with E-state index >= 15 is 0 Å². The third kappa shape index (κ3) is 3.48. The molecule has 6 nitrogen and oxygen atoms in total. The number of hydrogen-bond donors (Lipinski definition) is 1. The molecule has 2 atom stereocenters. The lowest BCUT2D eigenvalue weighted by Gasteiger charge is -2.20. The molecule has 0 radical (unpaired) electrons. The molecule has 2 aliphatic rings. The van der Waals surface area contributed by atoms with Crippen molar-refractivity contribution < 1.29 is 17.9 Å². The third-order valence-corrected chi connectivity index (χ3v) is 6.94. The van der Waals surface area contributed by atoms with Gasteiger partial charge in [0.25, 0.3) is 0 Å². The Kier molecular flexibility index (Phi) is 4.49. The number of rotatable bonds is 6. The van der Waals surface area contributed by atoms with Gasteiger partial charge in [-0.15, -0.1) is 0 Å². The van der Waals surface area contributed by atoms with E-state index in [1.165, 1.54) is 10.4 Å². The van der Waals surface area contributed by atoms with E-state index in [9.17, 15) is 13.2 Å². The summed E-state index contributed by atoms with van der Waals surface area (Å²) in [6.45, 7) is 4.29. The minimum Gasteiger partial charge on any atom is -0.457 e. The quantitative estimate of drug-likeness (QED) is 0.776. The molecule has 1 aliphatic heterocycles. The maximum Gasteiger partial charge on any atom is 0.243 e. The summed E-state index contributed by atoms with van der Waals surface area (Å²) in [5, 5.41) is 2.85. The average molecular weight is 384 g/mol. The minimum absolute atomic E-state index is 0.0589. The molecular formula is C20H20N2O4S. The van der Waals surface area contributed by atoms with Crippen LogP contribution >= 0.6 is 0 Å². The molecule has 1 heterocycles. The SMILES string of the molecule is C=CC(=O)NC1C2CN(S(=O)(=O)c3ccc(Oc4ccccc4)cc3)CC21. The largest absolute Gasteiger partial charge is 0.457 e. The van der Waals surface area contributed by atoms with Gasteiger partial charge in [0.2, 0.25) is 15.9 Å². The van der Waals surface area contributed by atoms with Gasteiger partial charge in [-0.25, -0.2) is 8.42 Å². The van der Waals surface area contributed by atoms with Gasteiger partial charge < -0.3 is 10.1 Å². The molecule has 1 saturated heterocycles. The molecule has 27 heavy (non-hydrogen) atoms. The number of fused-ring (bicyclic) bond motifs is 1. The molecule has 1 N–H and O–H groups in total. The summed E-state index contributed by atoms with van der Waals surface area (Å²) in [6.07, 6.45) is 1.24. The number of carbonyl (C=O) groups excluding carboxylic acids is 1. The van der Waals surface area contributed by atoms with Crippen molar-refractivity contribution in [2.45, 2.75) is 10.9 Å². The number of sulfonamides is 1. The second-order valence-corrected chi connectivity index (χ2v) is 8.71. The Morgan fingerprint density at radius 3 is 2.22 bits per heavy atom. The van der Waals surface area contributed by atoms with Crippen molar-refractivity contribution in [2.24, 2.45) is 11.8 Å². The van der Waals surface area contributed by atoms with Crippen LogP contribution in [0.1, 0.15) is 0 Å². The molecule has 140 valence electrons. The molecule has 1 aliphatic carbocycles. The Balaban J connectivity index is 1.40. The van der Waals surface area contributed by atoms with E-state index in [2.05, 4.69) is 11.9 Å². The molecule has 0 bridgehead atoms. The number of nitrogens with zero attached hydrogens (tertiary/aromatic N) is 1. The van der Waals surface area contributed by atoms with Crippen molar-refractivity contribution >= 4 is 15.9 Å². The number of para-hydroxylation sites is 1. The lowest BCUT2D eigenvalue weighted by atomic mass is 10.3. The van der Waals surface area contributed by atoms with Crippen LogP contribution in [0.2, 0.25) is 0 Å². The maximum absolute atomic E-state index is 12.8. The van der Waals surface area contributed by atoms with Gasteiger partial charge in [-0.1, -0.05) is 24.8 Å². The monoisotopic (exact) mass is 384 g/mol. The number of amides is 1. The van der Waals surface area contributed by atoms with Crippen molar-refractivity contribution in [1.29, 1.82) is 0 Å². The summed E-state index contributed by atoms with van der Waals surface area (Å²) in [4.78, 5) is 11.6. The van der Waals surface area contributed by atoms with Crippen LogP contribution in [0.25, 0.3) is 0 Å². The highest BCUT2D eigenvalue weighted by Crippen LogP contribution is 2.47. The fourth-order valence-electron chi connectivity index (χ4n) is 3.57. The van der Waals surface area contributed by atoms with Crippen LogP contribution in [0, 0.1) is 11.8 Å². The van der Waals surface area contributed by atoms with Crippen LogP contribution in [0.5, 0.6) is 11.5 Å². The van der Waals surface area contributed by atoms with Gasteiger partial charge in [0, 0.05) is 19.1 Å². The van der Waals surface area contributed by atoms with E-state index in [0.29, 0.717) is 24.6 Å². The first-order chi connectivity index (χ1) is 13.0. The van der Waals surface area contributed by atoms with Crippen LogP contribution in [-0.4, -0.2) is 37.8 Å². The lowest BCUT2D eigenvalue weighted by Crippen LogP contribution is -2.36. The fraction of sp³-hybridized carbons (Fsp3) is 0.250. The van der Waals surface area contributed by atoms with Gasteiger partial charge in [0.05, 0.1) is 4.90 Å². The standard InChI is InChI=1S/C20H20N2O4S/c1-2-19(23)21-20-17-12-22(13-18(17)20)27(24,25)16-10-8-15(9-11-16)26-14-6-4-3-5-7-14/h2-11,17-18,20H,1,12-13H2,(H,21,23). The number of carbonyl (C=O) groups is 1. The smallest absolute Gasteiger partial charge is 0.243 e. The molecule has 0 spiro atoms. The normalized spacial score (nSPS) is 24.1. The fourth-order valence-corrected chi connectivity index (χ4v) is 5.09. The summed E-state index contributed by atoms with van der Waals surface area (Å²) in [5.74, 6) is 1.43. The van der Waals surface area contributed by atoms with Crippen LogP contribution in [-0.2, 0) is 14.8 Å². The van der Waals surface area contributed by atoms with Crippen molar-refractivity contribution in [3.8, 4) is 11.5 Å². The van der Waals surface area contributed by atoms with E-state index in [-0.39, 0.29) is 28.7 Å². The Morgan fingerprint density at radius 2 is 1.63 bits per heavy atom. The van der Waals surface area contributed by atoms with E-state index in [1.54, 1.807) is 24.3 Å². The van der Waals surface area contributed by atoms with E-state index in [0.717, 1.165) is 0 Å². The van der Waals surface area contributed by atoms with Crippen LogP contribution in [0.4, 0.5) is 0 Å². The van der Waals surface area contributed by atoms with E-state index in [4.69, 9.17) is 4.74 Å². The highest BCUT2D eigenvalue weighted by molar-refractivity contribution is 7.89. The molecule has 2 fully saturated rings. The predicted molar refractivity (Wildman–Crippen MR) is 101 cm³/mol. The van der Waals surface area contributed by atoms with Crippen molar-refractivity contribution in [2.75, 3.05) is 13.1 Å². The summed E-state index contributed by atoms with van der Waals surface area (Å²) in [6, 6.07) is 15.8. The van der Waals surface area contributed by atoms with Crippen molar-refractivity contribution in [1.82, 2.24) is 9.62 Å². The summed E-state index contributed by atoms with van der Waals surface area (Å²) >= 11 is 0. The van der Waals surface area contributed by atoms with Gasteiger partial charge >= 0.3 is 0 Å². The number of ether oxygens (including phenoxy) is 1.